The topological polar surface area (TPSA) is 70.5 Å². The third kappa shape index (κ3) is 5.19. The first-order chi connectivity index (χ1) is 14.0. The fraction of sp³-hybridized carbons (Fsp3) is 0.435. The van der Waals surface area contributed by atoms with Crippen LogP contribution in [0.2, 0.25) is 0 Å². The number of halogens is 1. The van der Waals surface area contributed by atoms with E-state index in [4.69, 9.17) is 0 Å². The van der Waals surface area contributed by atoms with Gasteiger partial charge in [0, 0.05) is 13.0 Å². The molecule has 29 heavy (non-hydrogen) atoms. The van der Waals surface area contributed by atoms with E-state index >= 15 is 0 Å². The lowest BCUT2D eigenvalue weighted by Crippen LogP contribution is -2.31. The molecular formula is C23H27FN2O3. The molecule has 6 heteroatoms. The zero-order valence-corrected chi connectivity index (χ0v) is 16.7. The number of carbonyl (C=O) groups excluding carboxylic acids is 1. The molecule has 1 amide bonds. The second kappa shape index (κ2) is 9.63. The molecule has 0 bridgehead atoms. The van der Waals surface area contributed by atoms with Crippen LogP contribution in [0.3, 0.4) is 0 Å². The van der Waals surface area contributed by atoms with Gasteiger partial charge in [-0.05, 0) is 61.9 Å². The van der Waals surface area contributed by atoms with Crippen molar-refractivity contribution in [3.8, 4) is 0 Å². The molecule has 1 aliphatic rings. The summed E-state index contributed by atoms with van der Waals surface area (Å²) in [5.41, 5.74) is 2.36. The lowest BCUT2D eigenvalue weighted by molar-refractivity contribution is -0.132. The Kier molecular flexibility index (Phi) is 6.96. The van der Waals surface area contributed by atoms with E-state index in [9.17, 15) is 19.1 Å². The molecule has 0 spiro atoms. The molecule has 5 nitrogen and oxygen atoms in total. The number of unbranched alkanes of at least 4 members (excludes halogenated alkanes) is 1. The highest BCUT2D eigenvalue weighted by Gasteiger charge is 2.31. The normalized spacial score (nSPS) is 16.2. The predicted molar refractivity (Wildman–Crippen MR) is 108 cm³/mol. The van der Waals surface area contributed by atoms with E-state index in [2.05, 4.69) is 11.9 Å². The quantitative estimate of drug-likeness (QED) is 0.708. The van der Waals surface area contributed by atoms with E-state index in [1.165, 1.54) is 12.1 Å². The number of carbonyl (C=O) groups is 2. The van der Waals surface area contributed by atoms with E-state index in [1.54, 1.807) is 24.3 Å². The molecule has 1 aromatic heterocycles. The number of aromatic nitrogens is 1. The molecule has 1 N–H and O–H groups in total. The lowest BCUT2D eigenvalue weighted by Gasteiger charge is -2.25. The van der Waals surface area contributed by atoms with E-state index in [0.717, 1.165) is 43.5 Å². The molecule has 1 fully saturated rings. The first-order valence-corrected chi connectivity index (χ1v) is 10.3. The van der Waals surface area contributed by atoms with Crippen LogP contribution in [0.4, 0.5) is 4.39 Å². The number of amides is 1. The van der Waals surface area contributed by atoms with Crippen molar-refractivity contribution in [2.75, 3.05) is 6.54 Å². The van der Waals surface area contributed by atoms with Crippen LogP contribution in [0.1, 0.15) is 72.4 Å². The van der Waals surface area contributed by atoms with Crippen molar-refractivity contribution in [2.45, 2.75) is 57.9 Å². The van der Waals surface area contributed by atoms with Crippen molar-refractivity contribution >= 4 is 11.9 Å². The summed E-state index contributed by atoms with van der Waals surface area (Å²) in [5, 5.41) is 9.54. The number of nitrogens with zero attached hydrogens (tertiary/aromatic N) is 2. The van der Waals surface area contributed by atoms with Gasteiger partial charge in [-0.25, -0.2) is 9.18 Å². The number of benzene rings is 1. The average Bonchev–Trinajstić information content (AvgIpc) is 3.21. The van der Waals surface area contributed by atoms with E-state index in [-0.39, 0.29) is 23.3 Å². The van der Waals surface area contributed by atoms with Crippen molar-refractivity contribution in [3.05, 3.63) is 64.7 Å². The van der Waals surface area contributed by atoms with Gasteiger partial charge in [0.2, 0.25) is 5.91 Å². The minimum Gasteiger partial charge on any atom is -0.478 e. The summed E-state index contributed by atoms with van der Waals surface area (Å²) < 4.78 is 13.1. The number of aryl methyl sites for hydroxylation is 2. The Morgan fingerprint density at radius 3 is 2.62 bits per heavy atom. The number of aromatic carboxylic acids is 1. The molecule has 1 atom stereocenters. The maximum absolute atomic E-state index is 13.1. The van der Waals surface area contributed by atoms with Crippen molar-refractivity contribution in [2.24, 2.45) is 0 Å². The summed E-state index contributed by atoms with van der Waals surface area (Å²) in [6.45, 7) is 2.79. The molecule has 0 radical (unpaired) electrons. The number of hydrogen-bond acceptors (Lipinski definition) is 3. The number of rotatable bonds is 8. The van der Waals surface area contributed by atoms with Crippen LogP contribution in [0.25, 0.3) is 0 Å². The largest absolute Gasteiger partial charge is 0.478 e. The van der Waals surface area contributed by atoms with Gasteiger partial charge in [0.15, 0.2) is 0 Å². The molecule has 1 saturated heterocycles. The zero-order valence-electron chi connectivity index (χ0n) is 16.7. The third-order valence-electron chi connectivity index (χ3n) is 5.45. The molecule has 3 rings (SSSR count). The Morgan fingerprint density at radius 2 is 1.93 bits per heavy atom. The highest BCUT2D eigenvalue weighted by Crippen LogP contribution is 2.32. The van der Waals surface area contributed by atoms with Gasteiger partial charge in [0.1, 0.15) is 5.82 Å². The first-order valence-electron chi connectivity index (χ1n) is 10.3. The summed E-state index contributed by atoms with van der Waals surface area (Å²) in [6.07, 6.45) is 5.17. The Labute approximate surface area is 170 Å². The van der Waals surface area contributed by atoms with Crippen LogP contribution < -0.4 is 0 Å². The van der Waals surface area contributed by atoms with Crippen LogP contribution in [0.15, 0.2) is 36.4 Å². The number of carboxylic acid groups (broad SMARTS) is 1. The van der Waals surface area contributed by atoms with Gasteiger partial charge in [-0.3, -0.25) is 9.78 Å². The second-order valence-corrected chi connectivity index (χ2v) is 7.51. The number of carboxylic acids is 1. The minimum atomic E-state index is -1.01. The van der Waals surface area contributed by atoms with Crippen LogP contribution in [0, 0.1) is 5.82 Å². The van der Waals surface area contributed by atoms with Gasteiger partial charge in [-0.1, -0.05) is 25.5 Å². The number of pyridine rings is 1. The average molecular weight is 398 g/mol. The Morgan fingerprint density at radius 1 is 1.17 bits per heavy atom. The summed E-state index contributed by atoms with van der Waals surface area (Å²) in [6, 6.07) is 9.44. The van der Waals surface area contributed by atoms with Crippen LogP contribution in [0.5, 0.6) is 0 Å². The van der Waals surface area contributed by atoms with Crippen LogP contribution in [-0.4, -0.2) is 33.4 Å². The van der Waals surface area contributed by atoms with Gasteiger partial charge < -0.3 is 10.0 Å². The van der Waals surface area contributed by atoms with Gasteiger partial charge >= 0.3 is 5.97 Å². The smallest absolute Gasteiger partial charge is 0.337 e. The summed E-state index contributed by atoms with van der Waals surface area (Å²) >= 11 is 0. The molecule has 0 aliphatic carbocycles. The Balaban J connectivity index is 1.81. The minimum absolute atomic E-state index is 0.0910. The number of hydrogen-bond donors (Lipinski definition) is 1. The summed E-state index contributed by atoms with van der Waals surface area (Å²) in [5.74, 6) is -1.17. The maximum Gasteiger partial charge on any atom is 0.337 e. The predicted octanol–water partition coefficient (Wildman–Crippen LogP) is 4.56. The molecular weight excluding hydrogens is 371 g/mol. The summed E-state index contributed by atoms with van der Waals surface area (Å²) in [4.78, 5) is 30.8. The monoisotopic (exact) mass is 398 g/mol. The SMILES string of the molecule is CCCCC(=O)N1CCC[C@@H]1c1ccc(C(=O)O)c(CCc2ccc(F)cc2)n1. The van der Waals surface area contributed by atoms with Crippen molar-refractivity contribution in [1.82, 2.24) is 9.88 Å². The first kappa shape index (κ1) is 21.0. The van der Waals surface area contributed by atoms with Crippen molar-refractivity contribution < 1.29 is 19.1 Å². The fourth-order valence-electron chi connectivity index (χ4n) is 3.85. The molecule has 0 unspecified atom stereocenters. The standard InChI is InChI=1S/C23H27FN2O3/c1-2-3-6-22(27)26-15-4-5-21(26)20-14-12-18(23(28)29)19(25-20)13-9-16-7-10-17(24)11-8-16/h7-8,10-12,14,21H,2-6,9,13,15H2,1H3,(H,28,29)/t21-/m1/s1. The molecule has 2 aromatic rings. The molecule has 1 aromatic carbocycles. The van der Waals surface area contributed by atoms with E-state index in [0.29, 0.717) is 25.0 Å². The van der Waals surface area contributed by atoms with E-state index in [1.807, 2.05) is 4.90 Å². The molecule has 154 valence electrons. The van der Waals surface area contributed by atoms with Crippen molar-refractivity contribution in [1.29, 1.82) is 0 Å². The van der Waals surface area contributed by atoms with Gasteiger partial charge in [-0.15, -0.1) is 0 Å². The van der Waals surface area contributed by atoms with Gasteiger partial charge in [-0.2, -0.15) is 0 Å². The van der Waals surface area contributed by atoms with Crippen LogP contribution in [-0.2, 0) is 17.6 Å². The maximum atomic E-state index is 13.1. The highest BCUT2D eigenvalue weighted by molar-refractivity contribution is 5.88. The highest BCUT2D eigenvalue weighted by atomic mass is 19.1. The third-order valence-corrected chi connectivity index (χ3v) is 5.45. The van der Waals surface area contributed by atoms with E-state index < -0.39 is 5.97 Å². The van der Waals surface area contributed by atoms with Crippen molar-refractivity contribution in [3.63, 3.8) is 0 Å². The Bertz CT molecular complexity index is 867. The fourth-order valence-corrected chi connectivity index (χ4v) is 3.85. The summed E-state index contributed by atoms with van der Waals surface area (Å²) in [7, 11) is 0. The van der Waals surface area contributed by atoms with Gasteiger partial charge in [0.25, 0.3) is 0 Å². The van der Waals surface area contributed by atoms with Crippen LogP contribution >= 0.6 is 0 Å². The number of likely N-dealkylation sites (tertiary alicyclic amines) is 1. The zero-order chi connectivity index (χ0) is 20.8. The lowest BCUT2D eigenvalue weighted by atomic mass is 10.0. The molecule has 2 heterocycles. The van der Waals surface area contributed by atoms with Gasteiger partial charge in [0.05, 0.1) is 23.0 Å². The molecule has 0 saturated carbocycles. The molecule has 1 aliphatic heterocycles. The second-order valence-electron chi connectivity index (χ2n) is 7.51. The Hall–Kier alpha value is -2.76.